The van der Waals surface area contributed by atoms with E-state index < -0.39 is 0 Å². The molecule has 0 atom stereocenters. The molecule has 172 valence electrons. The highest BCUT2D eigenvalue weighted by molar-refractivity contribution is 8.00. The van der Waals surface area contributed by atoms with E-state index in [-0.39, 0.29) is 17.6 Å². The Morgan fingerprint density at radius 2 is 1.47 bits per heavy atom. The lowest BCUT2D eigenvalue weighted by molar-refractivity contribution is -0.113. The molecule has 4 aromatic rings. The number of fused-ring (bicyclic) bond motifs is 1. The number of anilines is 2. The van der Waals surface area contributed by atoms with Gasteiger partial charge in [-0.25, -0.2) is 9.97 Å². The molecule has 0 bridgehead atoms. The molecule has 7 nitrogen and oxygen atoms in total. The van der Waals surface area contributed by atoms with Crippen molar-refractivity contribution in [1.82, 2.24) is 9.97 Å². The Kier molecular flexibility index (Phi) is 7.39. The number of aryl methyl sites for hydroxylation is 1. The van der Waals surface area contributed by atoms with Crippen molar-refractivity contribution >= 4 is 46.0 Å². The summed E-state index contributed by atoms with van der Waals surface area (Å²) in [6, 6.07) is 21.6. The molecule has 8 heteroatoms. The Morgan fingerprint density at radius 3 is 2.15 bits per heavy atom. The topological polar surface area (TPSA) is 93.2 Å². The molecule has 2 N–H and O–H groups in total. The molecular formula is C26H24N4O3S. The Hall–Kier alpha value is -3.91. The van der Waals surface area contributed by atoms with Crippen LogP contribution in [0.3, 0.4) is 0 Å². The van der Waals surface area contributed by atoms with Gasteiger partial charge in [0.1, 0.15) is 10.8 Å². The predicted molar refractivity (Wildman–Crippen MR) is 136 cm³/mol. The van der Waals surface area contributed by atoms with Gasteiger partial charge in [-0.2, -0.15) is 0 Å². The summed E-state index contributed by atoms with van der Waals surface area (Å²) in [7, 11) is 0. The maximum Gasteiger partial charge on any atom is 0.255 e. The van der Waals surface area contributed by atoms with Crippen LogP contribution in [-0.2, 0) is 4.79 Å². The molecule has 0 aliphatic carbocycles. The van der Waals surface area contributed by atoms with E-state index in [0.717, 1.165) is 27.5 Å². The van der Waals surface area contributed by atoms with Crippen LogP contribution in [0.4, 0.5) is 11.4 Å². The third kappa shape index (κ3) is 5.90. The lowest BCUT2D eigenvalue weighted by atomic mass is 10.2. The summed E-state index contributed by atoms with van der Waals surface area (Å²) in [5, 5.41) is 6.43. The maximum atomic E-state index is 12.5. The van der Waals surface area contributed by atoms with E-state index in [0.29, 0.717) is 23.5 Å². The van der Waals surface area contributed by atoms with Crippen molar-refractivity contribution in [1.29, 1.82) is 0 Å². The van der Waals surface area contributed by atoms with Crippen molar-refractivity contribution in [3.05, 3.63) is 84.1 Å². The number of nitrogens with zero attached hydrogens (tertiary/aromatic N) is 2. The van der Waals surface area contributed by atoms with Gasteiger partial charge in [0.2, 0.25) is 5.91 Å². The number of carbonyl (C=O) groups excluding carboxylic acids is 2. The summed E-state index contributed by atoms with van der Waals surface area (Å²) >= 11 is 1.34. The third-order valence-electron chi connectivity index (χ3n) is 4.90. The molecule has 0 aliphatic rings. The molecule has 0 saturated heterocycles. The van der Waals surface area contributed by atoms with Crippen LogP contribution in [0.5, 0.6) is 5.75 Å². The van der Waals surface area contributed by atoms with Crippen molar-refractivity contribution in [2.75, 3.05) is 23.0 Å². The summed E-state index contributed by atoms with van der Waals surface area (Å²) in [4.78, 5) is 34.1. The largest absolute Gasteiger partial charge is 0.494 e. The zero-order chi connectivity index (χ0) is 23.9. The first-order valence-electron chi connectivity index (χ1n) is 10.8. The smallest absolute Gasteiger partial charge is 0.255 e. The second kappa shape index (κ2) is 10.8. The van der Waals surface area contributed by atoms with Gasteiger partial charge in [-0.3, -0.25) is 9.59 Å². The zero-order valence-corrected chi connectivity index (χ0v) is 19.7. The number of rotatable bonds is 8. The molecule has 3 aromatic carbocycles. The molecule has 1 heterocycles. The van der Waals surface area contributed by atoms with E-state index in [1.807, 2.05) is 38.1 Å². The first kappa shape index (κ1) is 23.3. The van der Waals surface area contributed by atoms with E-state index in [9.17, 15) is 9.59 Å². The number of carbonyl (C=O) groups is 2. The lowest BCUT2D eigenvalue weighted by Gasteiger charge is -2.09. The number of amides is 2. The summed E-state index contributed by atoms with van der Waals surface area (Å²) in [5.41, 5.74) is 4.21. The Balaban J connectivity index is 1.31. The highest BCUT2D eigenvalue weighted by atomic mass is 32.2. The van der Waals surface area contributed by atoms with Gasteiger partial charge < -0.3 is 15.4 Å². The molecule has 1 aromatic heterocycles. The number of thioether (sulfide) groups is 1. The van der Waals surface area contributed by atoms with Gasteiger partial charge in [0, 0.05) is 16.9 Å². The van der Waals surface area contributed by atoms with Crippen LogP contribution >= 0.6 is 11.8 Å². The van der Waals surface area contributed by atoms with Crippen molar-refractivity contribution in [2.45, 2.75) is 18.9 Å². The van der Waals surface area contributed by atoms with Gasteiger partial charge in [-0.15, -0.1) is 0 Å². The van der Waals surface area contributed by atoms with Crippen molar-refractivity contribution in [2.24, 2.45) is 0 Å². The monoisotopic (exact) mass is 472 g/mol. The highest BCUT2D eigenvalue weighted by Crippen LogP contribution is 2.22. The fraction of sp³-hybridized carbons (Fsp3) is 0.154. The third-order valence-corrected chi connectivity index (χ3v) is 5.96. The molecule has 0 radical (unpaired) electrons. The van der Waals surface area contributed by atoms with Gasteiger partial charge in [0.05, 0.1) is 29.1 Å². The number of hydrogen-bond acceptors (Lipinski definition) is 6. The quantitative estimate of drug-likeness (QED) is 0.337. The first-order chi connectivity index (χ1) is 16.5. The molecular weight excluding hydrogens is 448 g/mol. The van der Waals surface area contributed by atoms with Gasteiger partial charge in [0.25, 0.3) is 5.91 Å². The molecule has 34 heavy (non-hydrogen) atoms. The van der Waals surface area contributed by atoms with Gasteiger partial charge in [0.15, 0.2) is 0 Å². The number of nitrogens with one attached hydrogen (secondary N) is 2. The average Bonchev–Trinajstić information content (AvgIpc) is 2.84. The summed E-state index contributed by atoms with van der Waals surface area (Å²) < 4.78 is 5.41. The molecule has 0 spiro atoms. The van der Waals surface area contributed by atoms with Gasteiger partial charge in [-0.1, -0.05) is 23.9 Å². The summed E-state index contributed by atoms with van der Waals surface area (Å²) in [6.07, 6.45) is 0. The number of ether oxygens (including phenoxy) is 1. The van der Waals surface area contributed by atoms with E-state index in [4.69, 9.17) is 4.74 Å². The average molecular weight is 473 g/mol. The number of hydrogen-bond donors (Lipinski definition) is 2. The van der Waals surface area contributed by atoms with Crippen molar-refractivity contribution < 1.29 is 14.3 Å². The normalized spacial score (nSPS) is 10.6. The predicted octanol–water partition coefficient (Wildman–Crippen LogP) is 5.32. The van der Waals surface area contributed by atoms with E-state index in [1.165, 1.54) is 11.8 Å². The first-order valence-corrected chi connectivity index (χ1v) is 11.8. The zero-order valence-electron chi connectivity index (χ0n) is 18.9. The molecule has 0 aliphatic heterocycles. The molecule has 2 amide bonds. The standard InChI is InChI=1S/C26H24N4O3S/c1-3-33-21-14-12-20(13-15-21)29-25(32)18-8-10-19(11-9-18)28-24(31)16-34-26-17(2)27-22-6-4-5-7-23(22)30-26/h4-15H,3,16H2,1-2H3,(H,28,31)(H,29,32). The van der Waals surface area contributed by atoms with Gasteiger partial charge in [-0.05, 0) is 74.5 Å². The number of para-hydroxylation sites is 2. The molecule has 0 unspecified atom stereocenters. The van der Waals surface area contributed by atoms with Crippen LogP contribution < -0.4 is 15.4 Å². The minimum atomic E-state index is -0.233. The number of aromatic nitrogens is 2. The van der Waals surface area contributed by atoms with Crippen molar-refractivity contribution in [3.8, 4) is 5.75 Å². The van der Waals surface area contributed by atoms with E-state index in [2.05, 4.69) is 20.6 Å². The Morgan fingerprint density at radius 1 is 0.853 bits per heavy atom. The van der Waals surface area contributed by atoms with E-state index in [1.54, 1.807) is 48.5 Å². The second-order valence-corrected chi connectivity index (χ2v) is 8.39. The van der Waals surface area contributed by atoms with Crippen LogP contribution in [0.1, 0.15) is 23.0 Å². The molecule has 0 saturated carbocycles. The molecule has 4 rings (SSSR count). The van der Waals surface area contributed by atoms with Gasteiger partial charge >= 0.3 is 0 Å². The minimum absolute atomic E-state index is 0.161. The SMILES string of the molecule is CCOc1ccc(NC(=O)c2ccc(NC(=O)CSc3nc4ccccc4nc3C)cc2)cc1. The van der Waals surface area contributed by atoms with Crippen LogP contribution in [0.15, 0.2) is 77.8 Å². The summed E-state index contributed by atoms with van der Waals surface area (Å²) in [5.74, 6) is 0.559. The maximum absolute atomic E-state index is 12.5. The summed E-state index contributed by atoms with van der Waals surface area (Å²) in [6.45, 7) is 4.39. The number of benzene rings is 3. The van der Waals surface area contributed by atoms with Crippen molar-refractivity contribution in [3.63, 3.8) is 0 Å². The Bertz CT molecular complexity index is 1310. The highest BCUT2D eigenvalue weighted by Gasteiger charge is 2.11. The van der Waals surface area contributed by atoms with Crippen LogP contribution in [-0.4, -0.2) is 34.1 Å². The van der Waals surface area contributed by atoms with Crippen LogP contribution in [0.2, 0.25) is 0 Å². The fourth-order valence-electron chi connectivity index (χ4n) is 3.25. The second-order valence-electron chi connectivity index (χ2n) is 7.43. The minimum Gasteiger partial charge on any atom is -0.494 e. The van der Waals surface area contributed by atoms with Crippen LogP contribution in [0, 0.1) is 6.92 Å². The van der Waals surface area contributed by atoms with E-state index >= 15 is 0 Å². The lowest BCUT2D eigenvalue weighted by Crippen LogP contribution is -2.15. The Labute approximate surface area is 202 Å². The molecule has 0 fully saturated rings. The fourth-order valence-corrected chi connectivity index (χ4v) is 4.01. The van der Waals surface area contributed by atoms with Crippen LogP contribution in [0.25, 0.3) is 11.0 Å².